The van der Waals surface area contributed by atoms with E-state index in [-0.39, 0.29) is 17.7 Å². The molecule has 2 aliphatic heterocycles. The Morgan fingerprint density at radius 3 is 2.46 bits per heavy atom. The third-order valence-electron chi connectivity index (χ3n) is 5.98. The number of amides is 2. The van der Waals surface area contributed by atoms with Crippen molar-refractivity contribution in [2.24, 2.45) is 5.92 Å². The average Bonchev–Trinajstić information content (AvgIpc) is 3.12. The zero-order chi connectivity index (χ0) is 19.5. The average molecular weight is 384 g/mol. The molecule has 2 aliphatic rings. The maximum atomic E-state index is 13.1. The number of furan rings is 1. The van der Waals surface area contributed by atoms with Crippen molar-refractivity contribution in [1.82, 2.24) is 9.80 Å². The Bertz CT molecular complexity index is 845. The van der Waals surface area contributed by atoms with Gasteiger partial charge in [-0.1, -0.05) is 18.2 Å². The Balaban J connectivity index is 1.45. The van der Waals surface area contributed by atoms with Gasteiger partial charge < -0.3 is 19.0 Å². The van der Waals surface area contributed by atoms with Crippen LogP contribution >= 0.6 is 0 Å². The van der Waals surface area contributed by atoms with Crippen LogP contribution in [0.4, 0.5) is 0 Å². The number of carbonyl (C=O) groups excluding carboxylic acids is 2. The molecule has 0 aliphatic carbocycles. The number of hydrogen-bond donors (Lipinski definition) is 0. The predicted molar refractivity (Wildman–Crippen MR) is 106 cm³/mol. The Labute approximate surface area is 165 Å². The first kappa shape index (κ1) is 19.0. The number of likely N-dealkylation sites (tertiary alicyclic amines) is 2. The van der Waals surface area contributed by atoms with Gasteiger partial charge >= 0.3 is 0 Å². The van der Waals surface area contributed by atoms with E-state index in [1.54, 1.807) is 7.11 Å². The number of para-hydroxylation sites is 1. The van der Waals surface area contributed by atoms with E-state index in [9.17, 15) is 9.59 Å². The second-order valence-corrected chi connectivity index (χ2v) is 7.79. The molecule has 150 valence electrons. The second-order valence-electron chi connectivity index (χ2n) is 7.79. The van der Waals surface area contributed by atoms with Crippen LogP contribution in [0.1, 0.15) is 48.2 Å². The summed E-state index contributed by atoms with van der Waals surface area (Å²) in [6, 6.07) is 7.65. The Morgan fingerprint density at radius 1 is 1.04 bits per heavy atom. The van der Waals surface area contributed by atoms with E-state index in [2.05, 4.69) is 0 Å². The van der Waals surface area contributed by atoms with Gasteiger partial charge in [-0.15, -0.1) is 0 Å². The normalized spacial score (nSPS) is 18.6. The van der Waals surface area contributed by atoms with Crippen LogP contribution in [0.5, 0.6) is 0 Å². The number of nitrogens with zero attached hydrogens (tertiary/aromatic N) is 2. The van der Waals surface area contributed by atoms with Crippen molar-refractivity contribution in [3.05, 3.63) is 35.6 Å². The minimum Gasteiger partial charge on any atom is -0.451 e. The number of hydrogen-bond acceptors (Lipinski definition) is 4. The number of carbonyl (C=O) groups is 2. The molecule has 6 heteroatoms. The smallest absolute Gasteiger partial charge is 0.289 e. The number of fused-ring (bicyclic) bond motifs is 1. The standard InChI is InChI=1S/C22H28N2O4/c1-27-15-18-17-7-3-4-8-19(17)28-20(18)22(26)24-13-9-16(10-14-24)21(25)23-11-5-2-6-12-23/h3-4,7-8,16H,2,5-6,9-15H2,1H3. The molecule has 2 saturated heterocycles. The quantitative estimate of drug-likeness (QED) is 0.810. The van der Waals surface area contributed by atoms with Crippen LogP contribution in [0.15, 0.2) is 28.7 Å². The van der Waals surface area contributed by atoms with Crippen molar-refractivity contribution in [1.29, 1.82) is 0 Å². The Hall–Kier alpha value is -2.34. The molecule has 0 N–H and O–H groups in total. The van der Waals surface area contributed by atoms with Gasteiger partial charge in [0.25, 0.3) is 5.91 Å². The van der Waals surface area contributed by atoms with Crippen LogP contribution in [0.3, 0.4) is 0 Å². The summed E-state index contributed by atoms with van der Waals surface area (Å²) in [6.45, 7) is 3.29. The molecular weight excluding hydrogens is 356 g/mol. The fraction of sp³-hybridized carbons (Fsp3) is 0.545. The van der Waals surface area contributed by atoms with Gasteiger partial charge in [-0.25, -0.2) is 0 Å². The van der Waals surface area contributed by atoms with Gasteiger partial charge in [0.2, 0.25) is 5.91 Å². The molecule has 0 radical (unpaired) electrons. The molecule has 0 saturated carbocycles. The highest BCUT2D eigenvalue weighted by atomic mass is 16.5. The first-order valence-electron chi connectivity index (χ1n) is 10.3. The predicted octanol–water partition coefficient (Wildman–Crippen LogP) is 3.44. The Morgan fingerprint density at radius 2 is 1.75 bits per heavy atom. The minimum atomic E-state index is -0.105. The van der Waals surface area contributed by atoms with Gasteiger partial charge in [0.05, 0.1) is 6.61 Å². The van der Waals surface area contributed by atoms with Crippen LogP contribution in [-0.2, 0) is 16.1 Å². The lowest BCUT2D eigenvalue weighted by molar-refractivity contribution is -0.137. The molecule has 6 nitrogen and oxygen atoms in total. The number of methoxy groups -OCH3 is 1. The fourth-order valence-corrected chi connectivity index (χ4v) is 4.40. The molecule has 0 unspecified atom stereocenters. The molecule has 2 amide bonds. The summed E-state index contributed by atoms with van der Waals surface area (Å²) in [4.78, 5) is 29.7. The summed E-state index contributed by atoms with van der Waals surface area (Å²) in [5.41, 5.74) is 1.50. The van der Waals surface area contributed by atoms with Crippen molar-refractivity contribution < 1.29 is 18.7 Å². The van der Waals surface area contributed by atoms with E-state index in [0.717, 1.165) is 49.7 Å². The van der Waals surface area contributed by atoms with Crippen LogP contribution in [0, 0.1) is 5.92 Å². The summed E-state index contributed by atoms with van der Waals surface area (Å²) < 4.78 is 11.2. The first-order valence-corrected chi connectivity index (χ1v) is 10.3. The highest BCUT2D eigenvalue weighted by Crippen LogP contribution is 2.29. The minimum absolute atomic E-state index is 0.0382. The third kappa shape index (κ3) is 3.65. The molecular formula is C22H28N2O4. The summed E-state index contributed by atoms with van der Waals surface area (Å²) in [6.07, 6.45) is 4.88. The monoisotopic (exact) mass is 384 g/mol. The Kier molecular flexibility index (Phi) is 5.67. The van der Waals surface area contributed by atoms with Crippen molar-refractivity contribution in [2.45, 2.75) is 38.7 Å². The molecule has 2 aromatic rings. The first-order chi connectivity index (χ1) is 13.7. The van der Waals surface area contributed by atoms with Crippen molar-refractivity contribution >= 4 is 22.8 Å². The van der Waals surface area contributed by atoms with Gasteiger partial charge in [0, 0.05) is 50.2 Å². The number of piperidine rings is 2. The molecule has 2 fully saturated rings. The summed E-state index contributed by atoms with van der Waals surface area (Å²) in [5, 5.41) is 0.919. The molecule has 0 spiro atoms. The number of benzene rings is 1. The third-order valence-corrected chi connectivity index (χ3v) is 5.98. The largest absolute Gasteiger partial charge is 0.451 e. The lowest BCUT2D eigenvalue weighted by atomic mass is 9.94. The second kappa shape index (κ2) is 8.35. The molecule has 1 aromatic heterocycles. The van der Waals surface area contributed by atoms with Crippen LogP contribution in [0.25, 0.3) is 11.0 Å². The zero-order valence-corrected chi connectivity index (χ0v) is 16.5. The van der Waals surface area contributed by atoms with Gasteiger partial charge in [-0.2, -0.15) is 0 Å². The summed E-state index contributed by atoms with van der Waals surface area (Å²) >= 11 is 0. The van der Waals surface area contributed by atoms with Crippen molar-refractivity contribution in [3.8, 4) is 0 Å². The van der Waals surface area contributed by atoms with E-state index < -0.39 is 0 Å². The van der Waals surface area contributed by atoms with E-state index in [1.807, 2.05) is 34.1 Å². The highest BCUT2D eigenvalue weighted by Gasteiger charge is 2.33. The fourth-order valence-electron chi connectivity index (χ4n) is 4.40. The molecule has 1 aromatic carbocycles. The van der Waals surface area contributed by atoms with Crippen molar-refractivity contribution in [2.75, 3.05) is 33.3 Å². The molecule has 3 heterocycles. The maximum Gasteiger partial charge on any atom is 0.289 e. The van der Waals surface area contributed by atoms with E-state index >= 15 is 0 Å². The van der Waals surface area contributed by atoms with E-state index in [4.69, 9.17) is 9.15 Å². The number of rotatable bonds is 4. The molecule has 28 heavy (non-hydrogen) atoms. The van der Waals surface area contributed by atoms with Gasteiger partial charge in [0.1, 0.15) is 5.58 Å². The van der Waals surface area contributed by atoms with Crippen LogP contribution in [0.2, 0.25) is 0 Å². The maximum absolute atomic E-state index is 13.1. The molecule has 0 atom stereocenters. The zero-order valence-electron chi connectivity index (χ0n) is 16.5. The van der Waals surface area contributed by atoms with E-state index in [1.165, 1.54) is 6.42 Å². The molecule has 4 rings (SSSR count). The van der Waals surface area contributed by atoms with Gasteiger partial charge in [-0.3, -0.25) is 9.59 Å². The summed E-state index contributed by atoms with van der Waals surface area (Å²) in [7, 11) is 1.62. The SMILES string of the molecule is COCc1c(C(=O)N2CCC(C(=O)N3CCCCC3)CC2)oc2ccccc12. The van der Waals surface area contributed by atoms with Crippen LogP contribution < -0.4 is 0 Å². The number of ether oxygens (including phenoxy) is 1. The highest BCUT2D eigenvalue weighted by molar-refractivity contribution is 5.99. The lowest BCUT2D eigenvalue weighted by Crippen LogP contribution is -2.45. The topological polar surface area (TPSA) is 63.0 Å². The molecule has 0 bridgehead atoms. The van der Waals surface area contributed by atoms with E-state index in [0.29, 0.717) is 31.0 Å². The van der Waals surface area contributed by atoms with Gasteiger partial charge in [-0.05, 0) is 38.2 Å². The summed E-state index contributed by atoms with van der Waals surface area (Å²) in [5.74, 6) is 0.572. The lowest BCUT2D eigenvalue weighted by Gasteiger charge is -2.35. The van der Waals surface area contributed by atoms with Gasteiger partial charge in [0.15, 0.2) is 5.76 Å². The van der Waals surface area contributed by atoms with Crippen molar-refractivity contribution in [3.63, 3.8) is 0 Å². The van der Waals surface area contributed by atoms with Crippen LogP contribution in [-0.4, -0.2) is 54.9 Å².